The highest BCUT2D eigenvalue weighted by Crippen LogP contribution is 2.42. The quantitative estimate of drug-likeness (QED) is 0.586. The van der Waals surface area contributed by atoms with Crippen LogP contribution in [0.4, 0.5) is 11.4 Å². The predicted octanol–water partition coefficient (Wildman–Crippen LogP) is 3.75. The van der Waals surface area contributed by atoms with E-state index < -0.39 is 0 Å². The van der Waals surface area contributed by atoms with Crippen molar-refractivity contribution in [1.82, 2.24) is 10.3 Å². The first-order chi connectivity index (χ1) is 14.6. The van der Waals surface area contributed by atoms with Gasteiger partial charge in [-0.3, -0.25) is 9.78 Å². The number of carbonyl (C=O) groups is 1. The van der Waals surface area contributed by atoms with Gasteiger partial charge in [0.15, 0.2) is 5.11 Å². The monoisotopic (exact) mass is 422 g/mol. The first kappa shape index (κ1) is 20.1. The van der Waals surface area contributed by atoms with Crippen molar-refractivity contribution in [2.24, 2.45) is 0 Å². The number of hydrogen-bond acceptors (Lipinski definition) is 5. The number of amides is 1. The summed E-state index contributed by atoms with van der Waals surface area (Å²) < 4.78 is 10.6. The van der Waals surface area contributed by atoms with Crippen LogP contribution in [0.5, 0.6) is 0 Å². The molecule has 4 rings (SSSR count). The highest BCUT2D eigenvalue weighted by molar-refractivity contribution is 7.80. The molecular formula is C22H22N4O3S. The number of aryl methyl sites for hydroxylation is 1. The summed E-state index contributed by atoms with van der Waals surface area (Å²) in [4.78, 5) is 18.4. The Morgan fingerprint density at radius 1 is 1.30 bits per heavy atom. The van der Waals surface area contributed by atoms with E-state index in [-0.39, 0.29) is 24.6 Å². The minimum absolute atomic E-state index is 0.00758. The van der Waals surface area contributed by atoms with Crippen molar-refractivity contribution in [2.45, 2.75) is 19.0 Å². The van der Waals surface area contributed by atoms with E-state index in [1.165, 1.54) is 7.11 Å². The Labute approximate surface area is 180 Å². The second-order valence-corrected chi connectivity index (χ2v) is 7.38. The van der Waals surface area contributed by atoms with Gasteiger partial charge >= 0.3 is 0 Å². The van der Waals surface area contributed by atoms with E-state index in [0.29, 0.717) is 5.11 Å². The first-order valence-electron chi connectivity index (χ1n) is 9.52. The molecule has 0 radical (unpaired) electrons. The number of ether oxygens (including phenoxy) is 1. The molecule has 8 heteroatoms. The third kappa shape index (κ3) is 3.92. The van der Waals surface area contributed by atoms with E-state index in [4.69, 9.17) is 21.4 Å². The van der Waals surface area contributed by atoms with Crippen molar-refractivity contribution < 1.29 is 13.9 Å². The van der Waals surface area contributed by atoms with Gasteiger partial charge in [-0.1, -0.05) is 6.07 Å². The van der Waals surface area contributed by atoms with Crippen molar-refractivity contribution >= 4 is 34.6 Å². The molecule has 0 unspecified atom stereocenters. The second kappa shape index (κ2) is 8.64. The summed E-state index contributed by atoms with van der Waals surface area (Å²) in [6, 6.07) is 15.1. The molecule has 0 saturated carbocycles. The van der Waals surface area contributed by atoms with Crippen LogP contribution in [0.2, 0.25) is 0 Å². The van der Waals surface area contributed by atoms with Crippen LogP contribution in [0.25, 0.3) is 0 Å². The molecule has 3 aromatic rings. The highest BCUT2D eigenvalue weighted by atomic mass is 32.1. The number of anilines is 2. The van der Waals surface area contributed by atoms with E-state index >= 15 is 0 Å². The molecule has 0 bridgehead atoms. The van der Waals surface area contributed by atoms with Gasteiger partial charge < -0.3 is 24.7 Å². The first-order valence-corrected chi connectivity index (χ1v) is 9.93. The number of rotatable bonds is 6. The molecule has 0 spiro atoms. The van der Waals surface area contributed by atoms with Crippen LogP contribution in [0.1, 0.15) is 29.1 Å². The molecule has 3 heterocycles. The van der Waals surface area contributed by atoms with Gasteiger partial charge in [0.2, 0.25) is 5.91 Å². The summed E-state index contributed by atoms with van der Waals surface area (Å²) in [6.07, 6.45) is 3.42. The van der Waals surface area contributed by atoms with Gasteiger partial charge in [-0.15, -0.1) is 0 Å². The van der Waals surface area contributed by atoms with Crippen LogP contribution in [0, 0.1) is 6.92 Å². The minimum Gasteiger partial charge on any atom is -0.467 e. The van der Waals surface area contributed by atoms with Gasteiger partial charge in [0, 0.05) is 24.7 Å². The van der Waals surface area contributed by atoms with E-state index in [2.05, 4.69) is 15.6 Å². The summed E-state index contributed by atoms with van der Waals surface area (Å²) in [7, 11) is 1.49. The van der Waals surface area contributed by atoms with Crippen molar-refractivity contribution in [2.75, 3.05) is 23.9 Å². The van der Waals surface area contributed by atoms with Crippen LogP contribution in [0.15, 0.2) is 65.4 Å². The summed E-state index contributed by atoms with van der Waals surface area (Å²) in [5.74, 6) is 0.587. The normalized spacial score (nSPS) is 18.3. The molecule has 154 valence electrons. The summed E-state index contributed by atoms with van der Waals surface area (Å²) >= 11 is 5.69. The van der Waals surface area contributed by atoms with E-state index in [1.807, 2.05) is 60.4 Å². The maximum Gasteiger partial charge on any atom is 0.250 e. The maximum atomic E-state index is 11.9. The number of thiocarbonyl (C=S) groups is 1. The van der Waals surface area contributed by atoms with Crippen molar-refractivity contribution in [3.63, 3.8) is 0 Å². The fourth-order valence-corrected chi connectivity index (χ4v) is 3.98. The lowest BCUT2D eigenvalue weighted by Gasteiger charge is -2.26. The smallest absolute Gasteiger partial charge is 0.250 e. The Balaban J connectivity index is 1.69. The van der Waals surface area contributed by atoms with E-state index in [9.17, 15) is 4.79 Å². The molecule has 1 fully saturated rings. The Morgan fingerprint density at radius 3 is 2.83 bits per heavy atom. The number of aromatic nitrogens is 1. The Morgan fingerprint density at radius 2 is 2.17 bits per heavy atom. The zero-order valence-electron chi connectivity index (χ0n) is 16.7. The summed E-state index contributed by atoms with van der Waals surface area (Å²) in [5, 5.41) is 6.83. The molecule has 2 atom stereocenters. The SMILES string of the molecule is COCC(=O)Nc1ccc(N2C(=S)N[C@H](c3ccccn3)[C@@H]2c2ccco2)cc1C. The molecule has 0 aliphatic carbocycles. The number of furan rings is 1. The lowest BCUT2D eigenvalue weighted by molar-refractivity contribution is -0.119. The number of nitrogens with zero attached hydrogens (tertiary/aromatic N) is 2. The van der Waals surface area contributed by atoms with Gasteiger partial charge in [0.05, 0.1) is 18.0 Å². The lowest BCUT2D eigenvalue weighted by Crippen LogP contribution is -2.29. The summed E-state index contributed by atoms with van der Waals surface area (Å²) in [5.41, 5.74) is 3.42. The fourth-order valence-electron chi connectivity index (χ4n) is 3.64. The largest absolute Gasteiger partial charge is 0.467 e. The average Bonchev–Trinajstić information content (AvgIpc) is 3.38. The molecule has 7 nitrogen and oxygen atoms in total. The molecule has 2 aromatic heterocycles. The molecule has 1 aliphatic rings. The molecule has 1 amide bonds. The zero-order chi connectivity index (χ0) is 21.1. The third-order valence-corrected chi connectivity index (χ3v) is 5.29. The van der Waals surface area contributed by atoms with E-state index in [0.717, 1.165) is 28.4 Å². The van der Waals surface area contributed by atoms with Gasteiger partial charge in [-0.05, 0) is 67.2 Å². The Hall–Kier alpha value is -3.23. The second-order valence-electron chi connectivity index (χ2n) is 6.99. The molecular weight excluding hydrogens is 400 g/mol. The fraction of sp³-hybridized carbons (Fsp3) is 0.227. The molecule has 30 heavy (non-hydrogen) atoms. The van der Waals surface area contributed by atoms with Crippen molar-refractivity contribution in [3.05, 3.63) is 78.0 Å². The standard InChI is InChI=1S/C22H22N4O3S/c1-14-12-15(8-9-16(14)24-19(27)13-28-2)26-21(18-7-5-11-29-18)20(25-22(26)30)17-6-3-4-10-23-17/h3-12,20-21H,13H2,1-2H3,(H,24,27)(H,25,30)/t20-,21+/m1/s1. The van der Waals surface area contributed by atoms with Gasteiger partial charge in [-0.25, -0.2) is 0 Å². The number of carbonyl (C=O) groups excluding carboxylic acids is 1. The number of pyridine rings is 1. The maximum absolute atomic E-state index is 11.9. The molecule has 2 N–H and O–H groups in total. The molecule has 1 aliphatic heterocycles. The number of nitrogens with one attached hydrogen (secondary N) is 2. The lowest BCUT2D eigenvalue weighted by atomic mass is 10.0. The van der Waals surface area contributed by atoms with Gasteiger partial charge in [0.25, 0.3) is 0 Å². The van der Waals surface area contributed by atoms with Gasteiger partial charge in [-0.2, -0.15) is 0 Å². The van der Waals surface area contributed by atoms with Crippen LogP contribution < -0.4 is 15.5 Å². The predicted molar refractivity (Wildman–Crippen MR) is 118 cm³/mol. The molecule has 1 aromatic carbocycles. The van der Waals surface area contributed by atoms with Crippen LogP contribution in [0.3, 0.4) is 0 Å². The summed E-state index contributed by atoms with van der Waals surface area (Å²) in [6.45, 7) is 1.95. The Bertz CT molecular complexity index is 1040. The van der Waals surface area contributed by atoms with Crippen LogP contribution in [-0.4, -0.2) is 29.7 Å². The van der Waals surface area contributed by atoms with Crippen molar-refractivity contribution in [3.8, 4) is 0 Å². The van der Waals surface area contributed by atoms with Crippen LogP contribution in [-0.2, 0) is 9.53 Å². The number of benzene rings is 1. The third-order valence-electron chi connectivity index (χ3n) is 4.97. The Kier molecular flexibility index (Phi) is 5.78. The van der Waals surface area contributed by atoms with Gasteiger partial charge in [0.1, 0.15) is 18.4 Å². The van der Waals surface area contributed by atoms with Crippen LogP contribution >= 0.6 is 12.2 Å². The zero-order valence-corrected chi connectivity index (χ0v) is 17.5. The topological polar surface area (TPSA) is 79.6 Å². The average molecular weight is 423 g/mol. The molecule has 1 saturated heterocycles. The highest BCUT2D eigenvalue weighted by Gasteiger charge is 2.42. The number of hydrogen-bond donors (Lipinski definition) is 2. The van der Waals surface area contributed by atoms with E-state index in [1.54, 1.807) is 12.5 Å². The number of methoxy groups -OCH3 is 1. The van der Waals surface area contributed by atoms with Crippen molar-refractivity contribution in [1.29, 1.82) is 0 Å². The minimum atomic E-state index is -0.199.